The lowest BCUT2D eigenvalue weighted by molar-refractivity contribution is -0.118. The molecule has 2 aromatic heterocycles. The summed E-state index contributed by atoms with van der Waals surface area (Å²) in [4.78, 5) is 32.7. The number of nitrogens with zero attached hydrogens (tertiary/aromatic N) is 3. The molecule has 0 bridgehead atoms. The van der Waals surface area contributed by atoms with E-state index < -0.39 is 0 Å². The number of thioether (sulfide) groups is 1. The van der Waals surface area contributed by atoms with Crippen LogP contribution in [0.15, 0.2) is 28.3 Å². The number of hydrogen-bond donors (Lipinski definition) is 1. The van der Waals surface area contributed by atoms with Gasteiger partial charge in [-0.25, -0.2) is 9.97 Å². The number of nitrogens with one attached hydrogen (secondary N) is 1. The predicted molar refractivity (Wildman–Crippen MR) is 81.4 cm³/mol. The first-order chi connectivity index (χ1) is 10.2. The number of hydrogen-bond acceptors (Lipinski definition) is 5. The summed E-state index contributed by atoms with van der Waals surface area (Å²) < 4.78 is 1.58. The van der Waals surface area contributed by atoms with Crippen molar-refractivity contribution in [2.24, 2.45) is 0 Å². The third-order valence-corrected chi connectivity index (χ3v) is 4.26. The molecule has 1 saturated carbocycles. The van der Waals surface area contributed by atoms with E-state index in [9.17, 15) is 9.59 Å². The second-order valence-electron chi connectivity index (χ2n) is 4.95. The Morgan fingerprint density at radius 2 is 2.33 bits per heavy atom. The van der Waals surface area contributed by atoms with Crippen LogP contribution in [0.3, 0.4) is 0 Å². The third kappa shape index (κ3) is 3.07. The fourth-order valence-electron chi connectivity index (χ4n) is 2.05. The van der Waals surface area contributed by atoms with Gasteiger partial charge < -0.3 is 5.32 Å². The number of carbonyl (C=O) groups excluding carboxylic acids is 1. The summed E-state index contributed by atoms with van der Waals surface area (Å²) in [7, 11) is 0. The molecule has 7 heteroatoms. The summed E-state index contributed by atoms with van der Waals surface area (Å²) in [6, 6.07) is 3.79. The van der Waals surface area contributed by atoms with Crippen molar-refractivity contribution in [2.75, 3.05) is 5.75 Å². The normalized spacial score (nSPS) is 14.3. The molecule has 2 aromatic rings. The zero-order valence-corrected chi connectivity index (χ0v) is 12.5. The Morgan fingerprint density at radius 1 is 1.52 bits per heavy atom. The van der Waals surface area contributed by atoms with E-state index >= 15 is 0 Å². The van der Waals surface area contributed by atoms with Crippen molar-refractivity contribution in [3.8, 4) is 0 Å². The molecule has 1 N–H and O–H groups in total. The molecule has 0 spiro atoms. The van der Waals surface area contributed by atoms with Gasteiger partial charge in [0.1, 0.15) is 0 Å². The summed E-state index contributed by atoms with van der Waals surface area (Å²) >= 11 is 1.28. The van der Waals surface area contributed by atoms with Crippen molar-refractivity contribution in [1.82, 2.24) is 19.9 Å². The average Bonchev–Trinajstić information content (AvgIpc) is 3.29. The quantitative estimate of drug-likeness (QED) is 0.663. The summed E-state index contributed by atoms with van der Waals surface area (Å²) in [6.45, 7) is 2.41. The van der Waals surface area contributed by atoms with E-state index in [2.05, 4.69) is 15.3 Å². The Hall–Kier alpha value is -1.89. The minimum atomic E-state index is -0.110. The minimum Gasteiger partial charge on any atom is -0.353 e. The van der Waals surface area contributed by atoms with Gasteiger partial charge in [0.2, 0.25) is 5.91 Å². The monoisotopic (exact) mass is 304 g/mol. The molecular formula is C14H16N4O2S. The van der Waals surface area contributed by atoms with E-state index in [0.29, 0.717) is 28.8 Å². The van der Waals surface area contributed by atoms with Gasteiger partial charge in [0.15, 0.2) is 10.8 Å². The number of amides is 1. The second-order valence-corrected chi connectivity index (χ2v) is 5.89. The molecule has 1 fully saturated rings. The smallest absolute Gasteiger partial charge is 0.263 e. The van der Waals surface area contributed by atoms with Gasteiger partial charge in [0.05, 0.1) is 11.1 Å². The van der Waals surface area contributed by atoms with Gasteiger partial charge in [-0.3, -0.25) is 14.2 Å². The van der Waals surface area contributed by atoms with Crippen LogP contribution in [0.25, 0.3) is 11.0 Å². The lowest BCUT2D eigenvalue weighted by atomic mass is 10.3. The largest absolute Gasteiger partial charge is 0.353 e. The summed E-state index contributed by atoms with van der Waals surface area (Å²) in [6.07, 6.45) is 3.74. The lowest BCUT2D eigenvalue weighted by Crippen LogP contribution is -2.28. The van der Waals surface area contributed by atoms with Crippen molar-refractivity contribution >= 4 is 28.7 Å². The van der Waals surface area contributed by atoms with E-state index in [1.165, 1.54) is 11.8 Å². The topological polar surface area (TPSA) is 76.9 Å². The molecule has 21 heavy (non-hydrogen) atoms. The lowest BCUT2D eigenvalue weighted by Gasteiger charge is -2.10. The fourth-order valence-corrected chi connectivity index (χ4v) is 2.91. The molecule has 110 valence electrons. The standard InChI is InChI=1S/C14H16N4O2S/c1-2-18-13(20)10-4-3-7-15-12(10)17-14(18)21-8-11(19)16-9-5-6-9/h3-4,7,9H,2,5-6,8H2,1H3,(H,16,19). The molecule has 0 aromatic carbocycles. The van der Waals surface area contributed by atoms with Crippen LogP contribution < -0.4 is 10.9 Å². The zero-order valence-electron chi connectivity index (χ0n) is 11.7. The maximum absolute atomic E-state index is 12.4. The van der Waals surface area contributed by atoms with Crippen LogP contribution in [0.1, 0.15) is 19.8 Å². The Balaban J connectivity index is 1.86. The van der Waals surface area contributed by atoms with Gasteiger partial charge in [-0.15, -0.1) is 0 Å². The Labute approximate surface area is 126 Å². The second kappa shape index (κ2) is 5.85. The van der Waals surface area contributed by atoms with Gasteiger partial charge in [-0.2, -0.15) is 0 Å². The Kier molecular flexibility index (Phi) is 3.92. The van der Waals surface area contributed by atoms with Crippen LogP contribution in [0.5, 0.6) is 0 Å². The average molecular weight is 304 g/mol. The Bertz CT molecular complexity index is 739. The predicted octanol–water partition coefficient (Wildman–Crippen LogP) is 1.18. The SMILES string of the molecule is CCn1c(SCC(=O)NC2CC2)nc2ncccc2c1=O. The molecule has 3 rings (SSSR count). The van der Waals surface area contributed by atoms with Crippen LogP contribution in [-0.4, -0.2) is 32.2 Å². The van der Waals surface area contributed by atoms with Crippen molar-refractivity contribution < 1.29 is 4.79 Å². The first-order valence-electron chi connectivity index (χ1n) is 6.96. The maximum Gasteiger partial charge on any atom is 0.263 e. The number of aromatic nitrogens is 3. The maximum atomic E-state index is 12.4. The van der Waals surface area contributed by atoms with Gasteiger partial charge in [-0.05, 0) is 31.9 Å². The molecule has 0 unspecified atom stereocenters. The number of fused-ring (bicyclic) bond motifs is 1. The van der Waals surface area contributed by atoms with Crippen LogP contribution in [-0.2, 0) is 11.3 Å². The van der Waals surface area contributed by atoms with Gasteiger partial charge in [0, 0.05) is 18.8 Å². The van der Waals surface area contributed by atoms with Crippen molar-refractivity contribution in [1.29, 1.82) is 0 Å². The molecule has 1 aliphatic rings. The van der Waals surface area contributed by atoms with E-state index in [0.717, 1.165) is 12.8 Å². The van der Waals surface area contributed by atoms with Crippen LogP contribution in [0, 0.1) is 0 Å². The number of pyridine rings is 1. The number of carbonyl (C=O) groups is 1. The molecule has 1 aliphatic carbocycles. The highest BCUT2D eigenvalue weighted by Gasteiger charge is 2.23. The van der Waals surface area contributed by atoms with Gasteiger partial charge in [-0.1, -0.05) is 11.8 Å². The summed E-state index contributed by atoms with van der Waals surface area (Å²) in [5.41, 5.74) is 0.318. The fraction of sp³-hybridized carbons (Fsp3) is 0.429. The zero-order chi connectivity index (χ0) is 14.8. The molecule has 0 aliphatic heterocycles. The van der Waals surface area contributed by atoms with Crippen molar-refractivity contribution in [3.05, 3.63) is 28.7 Å². The molecule has 6 nitrogen and oxygen atoms in total. The van der Waals surface area contributed by atoms with E-state index in [4.69, 9.17) is 0 Å². The van der Waals surface area contributed by atoms with E-state index in [-0.39, 0.29) is 17.2 Å². The van der Waals surface area contributed by atoms with E-state index in [1.54, 1.807) is 22.9 Å². The Morgan fingerprint density at radius 3 is 3.05 bits per heavy atom. The minimum absolute atomic E-state index is 0.0134. The summed E-state index contributed by atoms with van der Waals surface area (Å²) in [5, 5.41) is 3.97. The number of rotatable bonds is 5. The van der Waals surface area contributed by atoms with Crippen molar-refractivity contribution in [2.45, 2.75) is 37.5 Å². The molecule has 0 atom stereocenters. The molecule has 1 amide bonds. The van der Waals surface area contributed by atoms with Gasteiger partial charge in [0.25, 0.3) is 5.56 Å². The summed E-state index contributed by atoms with van der Waals surface area (Å²) in [5.74, 6) is 0.252. The highest BCUT2D eigenvalue weighted by molar-refractivity contribution is 7.99. The van der Waals surface area contributed by atoms with Crippen molar-refractivity contribution in [3.63, 3.8) is 0 Å². The molecular weight excluding hydrogens is 288 g/mol. The highest BCUT2D eigenvalue weighted by Crippen LogP contribution is 2.20. The van der Waals surface area contributed by atoms with Crippen LogP contribution >= 0.6 is 11.8 Å². The first kappa shape index (κ1) is 14.1. The van der Waals surface area contributed by atoms with Gasteiger partial charge >= 0.3 is 0 Å². The van der Waals surface area contributed by atoms with Crippen LogP contribution in [0.2, 0.25) is 0 Å². The first-order valence-corrected chi connectivity index (χ1v) is 7.95. The third-order valence-electron chi connectivity index (χ3n) is 3.29. The molecule has 0 saturated heterocycles. The van der Waals surface area contributed by atoms with Crippen LogP contribution in [0.4, 0.5) is 0 Å². The molecule has 2 heterocycles. The molecule has 0 radical (unpaired) electrons. The highest BCUT2D eigenvalue weighted by atomic mass is 32.2. The van der Waals surface area contributed by atoms with E-state index in [1.807, 2.05) is 6.92 Å².